The maximum Gasteiger partial charge on any atom is 0.179 e. The van der Waals surface area contributed by atoms with Gasteiger partial charge in [-0.3, -0.25) is 4.68 Å². The SMILES string of the molecule is CCc1nn(C)c2c1[nH]c(=S)n2CC1CCCC(C)C1. The van der Waals surface area contributed by atoms with Crippen molar-refractivity contribution >= 4 is 23.4 Å². The predicted molar refractivity (Wildman–Crippen MR) is 84.4 cm³/mol. The van der Waals surface area contributed by atoms with Crippen LogP contribution >= 0.6 is 12.2 Å². The lowest BCUT2D eigenvalue weighted by molar-refractivity contribution is 0.257. The van der Waals surface area contributed by atoms with Crippen LogP contribution in [0.4, 0.5) is 0 Å². The Morgan fingerprint density at radius 3 is 2.90 bits per heavy atom. The molecule has 2 heterocycles. The molecule has 2 unspecified atom stereocenters. The average molecular weight is 292 g/mol. The molecule has 2 aromatic rings. The van der Waals surface area contributed by atoms with Crippen LogP contribution in [0, 0.1) is 16.6 Å². The Balaban J connectivity index is 1.96. The first-order valence-electron chi connectivity index (χ1n) is 7.74. The fourth-order valence-corrected chi connectivity index (χ4v) is 3.94. The number of H-pyrrole nitrogens is 1. The molecule has 4 nitrogen and oxygen atoms in total. The van der Waals surface area contributed by atoms with Gasteiger partial charge in [-0.25, -0.2) is 0 Å². The number of fused-ring (bicyclic) bond motifs is 1. The van der Waals surface area contributed by atoms with E-state index in [-0.39, 0.29) is 0 Å². The number of aromatic nitrogens is 4. The van der Waals surface area contributed by atoms with Crippen LogP contribution < -0.4 is 0 Å². The molecule has 0 aliphatic heterocycles. The van der Waals surface area contributed by atoms with Crippen LogP contribution in [-0.2, 0) is 20.0 Å². The highest BCUT2D eigenvalue weighted by Gasteiger charge is 2.22. The smallest absolute Gasteiger partial charge is 0.179 e. The maximum atomic E-state index is 5.54. The van der Waals surface area contributed by atoms with Crippen LogP contribution in [0.15, 0.2) is 0 Å². The van der Waals surface area contributed by atoms with Gasteiger partial charge in [0.1, 0.15) is 5.52 Å². The standard InChI is InChI=1S/C15H24N4S/c1-4-12-13-14(18(3)17-12)19(15(20)16-13)9-11-7-5-6-10(2)8-11/h10-11H,4-9H2,1-3H3,(H,16,20). The number of imidazole rings is 1. The van der Waals surface area contributed by atoms with Crippen molar-refractivity contribution in [2.24, 2.45) is 18.9 Å². The van der Waals surface area contributed by atoms with Crippen molar-refractivity contribution in [1.29, 1.82) is 0 Å². The lowest BCUT2D eigenvalue weighted by Crippen LogP contribution is -2.19. The summed E-state index contributed by atoms with van der Waals surface area (Å²) in [4.78, 5) is 3.36. The summed E-state index contributed by atoms with van der Waals surface area (Å²) in [5.74, 6) is 1.61. The van der Waals surface area contributed by atoms with Gasteiger partial charge in [0, 0.05) is 13.6 Å². The highest BCUT2D eigenvalue weighted by atomic mass is 32.1. The first kappa shape index (κ1) is 13.9. The summed E-state index contributed by atoms with van der Waals surface area (Å²) in [5.41, 5.74) is 3.40. The number of rotatable bonds is 3. The Morgan fingerprint density at radius 2 is 2.20 bits per heavy atom. The van der Waals surface area contributed by atoms with Crippen molar-refractivity contribution in [2.45, 2.75) is 52.5 Å². The molecule has 2 atom stereocenters. The first-order valence-corrected chi connectivity index (χ1v) is 8.15. The van der Waals surface area contributed by atoms with E-state index in [0.29, 0.717) is 0 Å². The van der Waals surface area contributed by atoms with E-state index in [2.05, 4.69) is 28.5 Å². The minimum Gasteiger partial charge on any atom is -0.328 e. The lowest BCUT2D eigenvalue weighted by Gasteiger charge is -2.27. The highest BCUT2D eigenvalue weighted by Crippen LogP contribution is 2.31. The molecule has 1 saturated carbocycles. The van der Waals surface area contributed by atoms with Gasteiger partial charge in [0.25, 0.3) is 0 Å². The van der Waals surface area contributed by atoms with Gasteiger partial charge in [0.05, 0.1) is 5.69 Å². The van der Waals surface area contributed by atoms with Crippen LogP contribution in [-0.4, -0.2) is 19.3 Å². The molecule has 0 spiro atoms. The second kappa shape index (κ2) is 5.35. The van der Waals surface area contributed by atoms with Crippen molar-refractivity contribution in [3.05, 3.63) is 10.5 Å². The molecule has 1 N–H and O–H groups in total. The van der Waals surface area contributed by atoms with E-state index < -0.39 is 0 Å². The molecule has 0 radical (unpaired) electrons. The maximum absolute atomic E-state index is 5.54. The molecule has 1 aliphatic carbocycles. The highest BCUT2D eigenvalue weighted by molar-refractivity contribution is 7.71. The third-order valence-corrected chi connectivity index (χ3v) is 4.97. The van der Waals surface area contributed by atoms with Crippen LogP contribution in [0.3, 0.4) is 0 Å². The number of aromatic amines is 1. The van der Waals surface area contributed by atoms with Crippen molar-refractivity contribution in [3.8, 4) is 0 Å². The Bertz CT molecular complexity index is 663. The zero-order valence-corrected chi connectivity index (χ0v) is 13.5. The van der Waals surface area contributed by atoms with E-state index in [4.69, 9.17) is 12.2 Å². The largest absolute Gasteiger partial charge is 0.328 e. The second-order valence-corrected chi connectivity index (χ2v) is 6.69. The summed E-state index contributed by atoms with van der Waals surface area (Å²) in [6.45, 7) is 5.54. The van der Waals surface area contributed by atoms with E-state index in [9.17, 15) is 0 Å². The normalized spacial score (nSPS) is 23.6. The zero-order chi connectivity index (χ0) is 14.3. The van der Waals surface area contributed by atoms with Gasteiger partial charge in [-0.15, -0.1) is 0 Å². The monoisotopic (exact) mass is 292 g/mol. The number of hydrogen-bond donors (Lipinski definition) is 1. The fourth-order valence-electron chi connectivity index (χ4n) is 3.68. The Kier molecular flexibility index (Phi) is 3.71. The Labute approximate surface area is 125 Å². The van der Waals surface area contributed by atoms with Gasteiger partial charge >= 0.3 is 0 Å². The number of aryl methyl sites for hydroxylation is 2. The summed E-state index contributed by atoms with van der Waals surface area (Å²) in [7, 11) is 2.02. The third-order valence-electron chi connectivity index (χ3n) is 4.64. The molecule has 20 heavy (non-hydrogen) atoms. The van der Waals surface area contributed by atoms with Crippen molar-refractivity contribution in [3.63, 3.8) is 0 Å². The molecular formula is C15H24N4S. The summed E-state index contributed by atoms with van der Waals surface area (Å²) < 4.78 is 5.09. The van der Waals surface area contributed by atoms with Gasteiger partial charge in [-0.2, -0.15) is 5.10 Å². The van der Waals surface area contributed by atoms with Gasteiger partial charge in [0.15, 0.2) is 10.4 Å². The summed E-state index contributed by atoms with van der Waals surface area (Å²) in [5, 5.41) is 4.60. The lowest BCUT2D eigenvalue weighted by atomic mass is 9.82. The fraction of sp³-hybridized carbons (Fsp3) is 0.733. The Morgan fingerprint density at radius 1 is 1.40 bits per heavy atom. The number of nitrogens with zero attached hydrogens (tertiary/aromatic N) is 3. The third kappa shape index (κ3) is 2.32. The van der Waals surface area contributed by atoms with Crippen LogP contribution in [0.5, 0.6) is 0 Å². The Hall–Kier alpha value is -1.10. The molecule has 0 aromatic carbocycles. The van der Waals surface area contributed by atoms with E-state index >= 15 is 0 Å². The molecule has 5 heteroatoms. The van der Waals surface area contributed by atoms with Gasteiger partial charge in [-0.05, 0) is 43.3 Å². The van der Waals surface area contributed by atoms with Crippen LogP contribution in [0.2, 0.25) is 0 Å². The van der Waals surface area contributed by atoms with Gasteiger partial charge < -0.3 is 9.55 Å². The van der Waals surface area contributed by atoms with Crippen LogP contribution in [0.25, 0.3) is 11.2 Å². The molecular weight excluding hydrogens is 268 g/mol. The molecule has 0 bridgehead atoms. The molecule has 3 rings (SSSR count). The molecule has 110 valence electrons. The van der Waals surface area contributed by atoms with Crippen molar-refractivity contribution < 1.29 is 0 Å². The van der Waals surface area contributed by atoms with Gasteiger partial charge in [0.2, 0.25) is 0 Å². The number of nitrogens with one attached hydrogen (secondary N) is 1. The van der Waals surface area contributed by atoms with E-state index in [1.54, 1.807) is 0 Å². The minimum atomic E-state index is 0.754. The quantitative estimate of drug-likeness (QED) is 0.873. The van der Waals surface area contributed by atoms with Crippen molar-refractivity contribution in [2.75, 3.05) is 0 Å². The van der Waals surface area contributed by atoms with E-state index in [1.165, 1.54) is 25.7 Å². The molecule has 1 fully saturated rings. The second-order valence-electron chi connectivity index (χ2n) is 6.30. The van der Waals surface area contributed by atoms with Gasteiger partial charge in [-0.1, -0.05) is 26.7 Å². The molecule has 2 aromatic heterocycles. The number of hydrogen-bond acceptors (Lipinski definition) is 2. The molecule has 0 saturated heterocycles. The van der Waals surface area contributed by atoms with E-state index in [0.717, 1.165) is 46.4 Å². The predicted octanol–water partition coefficient (Wildman–Crippen LogP) is 3.82. The summed E-state index contributed by atoms with van der Waals surface area (Å²) >= 11 is 5.54. The minimum absolute atomic E-state index is 0.754. The summed E-state index contributed by atoms with van der Waals surface area (Å²) in [6, 6.07) is 0. The van der Waals surface area contributed by atoms with Crippen LogP contribution in [0.1, 0.15) is 45.2 Å². The zero-order valence-electron chi connectivity index (χ0n) is 12.6. The molecule has 0 amide bonds. The molecule has 1 aliphatic rings. The topological polar surface area (TPSA) is 38.5 Å². The first-order chi connectivity index (χ1) is 9.60. The summed E-state index contributed by atoms with van der Waals surface area (Å²) in [6.07, 6.45) is 6.34. The average Bonchev–Trinajstić information content (AvgIpc) is 2.88. The van der Waals surface area contributed by atoms with E-state index in [1.807, 2.05) is 11.7 Å². The van der Waals surface area contributed by atoms with Crippen molar-refractivity contribution in [1.82, 2.24) is 19.3 Å².